The van der Waals surface area contributed by atoms with Gasteiger partial charge < -0.3 is 4.74 Å². The number of amidine groups is 1. The average Bonchev–Trinajstić information content (AvgIpc) is 2.81. The quantitative estimate of drug-likeness (QED) is 0.561. The highest BCUT2D eigenvalue weighted by molar-refractivity contribution is 8.13. The van der Waals surface area contributed by atoms with E-state index in [0.29, 0.717) is 10.9 Å². The summed E-state index contributed by atoms with van der Waals surface area (Å²) in [4.78, 5) is 18.1. The highest BCUT2D eigenvalue weighted by Gasteiger charge is 2.34. The van der Waals surface area contributed by atoms with Gasteiger partial charge in [-0.1, -0.05) is 74.7 Å². The van der Waals surface area contributed by atoms with E-state index >= 15 is 0 Å². The van der Waals surface area contributed by atoms with E-state index in [-0.39, 0.29) is 12.0 Å². The lowest BCUT2D eigenvalue weighted by Gasteiger charge is -2.34. The predicted octanol–water partition coefficient (Wildman–Crippen LogP) is 4.32. The number of unbranched alkanes of at least 4 members (excludes halogenated alkanes) is 4. The molecule has 0 aromatic heterocycles. The maximum absolute atomic E-state index is 13.2. The molecule has 2 aliphatic rings. The molecule has 6 nitrogen and oxygen atoms in total. The van der Waals surface area contributed by atoms with Gasteiger partial charge in [0.15, 0.2) is 11.3 Å². The molecule has 0 spiro atoms. The predicted molar refractivity (Wildman–Crippen MR) is 134 cm³/mol. The molecule has 33 heavy (non-hydrogen) atoms. The number of hydrazone groups is 1. The van der Waals surface area contributed by atoms with Crippen LogP contribution in [0.2, 0.25) is 0 Å². The summed E-state index contributed by atoms with van der Waals surface area (Å²) < 4.78 is 5.79. The van der Waals surface area contributed by atoms with Gasteiger partial charge in [0, 0.05) is 11.0 Å². The lowest BCUT2D eigenvalue weighted by molar-refractivity contribution is -0.116. The van der Waals surface area contributed by atoms with Crippen LogP contribution in [0.15, 0.2) is 58.6 Å². The molecule has 0 fully saturated rings. The molecule has 2 aromatic carbocycles. The minimum absolute atomic E-state index is 0.110. The van der Waals surface area contributed by atoms with E-state index < -0.39 is 6.17 Å². The lowest BCUT2D eigenvalue weighted by atomic mass is 10.1. The number of nitrogens with zero attached hydrogens (tertiary/aromatic N) is 3. The monoisotopic (exact) mass is 464 g/mol. The van der Waals surface area contributed by atoms with Crippen LogP contribution < -0.4 is 20.6 Å². The number of para-hydroxylation sites is 1. The van der Waals surface area contributed by atoms with E-state index in [1.54, 1.807) is 16.8 Å². The van der Waals surface area contributed by atoms with Crippen LogP contribution in [0, 0.1) is 0 Å². The molecule has 0 aliphatic carbocycles. The number of carbonyl (C=O) groups is 1. The van der Waals surface area contributed by atoms with Gasteiger partial charge >= 0.3 is 0 Å². The number of nitrogens with one attached hydrogen (secondary N) is 1. The minimum Gasteiger partial charge on any atom is -0.491 e. The average molecular weight is 465 g/mol. The van der Waals surface area contributed by atoms with Gasteiger partial charge in [0.25, 0.3) is 5.91 Å². The van der Waals surface area contributed by atoms with Gasteiger partial charge in [0.05, 0.1) is 11.5 Å². The van der Waals surface area contributed by atoms with E-state index in [4.69, 9.17) is 14.8 Å². The van der Waals surface area contributed by atoms with Crippen molar-refractivity contribution in [3.8, 4) is 5.75 Å². The Morgan fingerprint density at radius 1 is 1.06 bits per heavy atom. The van der Waals surface area contributed by atoms with Crippen LogP contribution in [-0.2, 0) is 4.79 Å². The number of hydrogen-bond acceptors (Lipinski definition) is 6. The van der Waals surface area contributed by atoms with E-state index in [0.717, 1.165) is 34.1 Å². The van der Waals surface area contributed by atoms with Crippen LogP contribution in [0.5, 0.6) is 5.75 Å². The van der Waals surface area contributed by atoms with Crippen molar-refractivity contribution in [3.63, 3.8) is 0 Å². The van der Waals surface area contributed by atoms with E-state index in [9.17, 15) is 4.79 Å². The molecule has 1 N–H and O–H groups in total. The number of benzene rings is 2. The molecule has 0 radical (unpaired) electrons. The molecule has 2 aliphatic heterocycles. The van der Waals surface area contributed by atoms with Crippen molar-refractivity contribution < 1.29 is 9.53 Å². The third-order valence-electron chi connectivity index (χ3n) is 5.55. The van der Waals surface area contributed by atoms with Crippen molar-refractivity contribution in [1.29, 1.82) is 0 Å². The highest BCUT2D eigenvalue weighted by Crippen LogP contribution is 2.31. The number of thioether (sulfide) groups is 1. The van der Waals surface area contributed by atoms with Gasteiger partial charge in [0.2, 0.25) is 0 Å². The Labute approximate surface area is 199 Å². The lowest BCUT2D eigenvalue weighted by Crippen LogP contribution is -2.50. The molecule has 174 valence electrons. The Bertz CT molecular complexity index is 1130. The minimum atomic E-state index is -0.408. The molecule has 0 bridgehead atoms. The van der Waals surface area contributed by atoms with Gasteiger partial charge in [0.1, 0.15) is 11.4 Å². The van der Waals surface area contributed by atoms with Crippen LogP contribution in [0.1, 0.15) is 64.6 Å². The fraction of sp³-hybridized carbons (Fsp3) is 0.423. The number of rotatable bonds is 9. The first kappa shape index (κ1) is 23.4. The number of fused-ring (bicyclic) bond motifs is 2. The smallest absolute Gasteiger partial charge is 0.276 e. The normalized spacial score (nSPS) is 17.2. The fourth-order valence-electron chi connectivity index (χ4n) is 3.97. The maximum Gasteiger partial charge on any atom is 0.276 e. The van der Waals surface area contributed by atoms with Crippen LogP contribution in [0.3, 0.4) is 0 Å². The van der Waals surface area contributed by atoms with Gasteiger partial charge in [-0.05, 0) is 44.0 Å². The summed E-state index contributed by atoms with van der Waals surface area (Å²) in [6.45, 7) is 6.23. The summed E-state index contributed by atoms with van der Waals surface area (Å²) in [7, 11) is 0. The molecule has 0 saturated carbocycles. The first-order valence-electron chi connectivity index (χ1n) is 11.8. The highest BCUT2D eigenvalue weighted by atomic mass is 32.2. The zero-order valence-electron chi connectivity index (χ0n) is 19.6. The van der Waals surface area contributed by atoms with Crippen LogP contribution in [-0.4, -0.2) is 27.9 Å². The molecule has 4 rings (SSSR count). The van der Waals surface area contributed by atoms with E-state index in [1.165, 1.54) is 25.7 Å². The van der Waals surface area contributed by atoms with Crippen molar-refractivity contribution in [3.05, 3.63) is 64.7 Å². The third-order valence-corrected chi connectivity index (χ3v) is 6.50. The van der Waals surface area contributed by atoms with E-state index in [2.05, 4.69) is 12.2 Å². The standard InChI is InChI=1S/C26H32N4O2S/c1-4-5-6-7-10-17-33-26-28-25(31)23-21-11-8-9-12-22(21)27-24(30(23)29-26)19-13-15-20(16-14-19)32-18(2)3/h8-9,11-16,18,24H,4-7,10,17H2,1-3H3,(H,28,29,31)/t24-/m1/s1. The van der Waals surface area contributed by atoms with Crippen LogP contribution in [0.25, 0.3) is 5.70 Å². The molecule has 7 heteroatoms. The topological polar surface area (TPSA) is 66.3 Å². The van der Waals surface area contributed by atoms with Crippen molar-refractivity contribution in [2.24, 2.45) is 10.1 Å². The Balaban J connectivity index is 1.62. The first-order valence-corrected chi connectivity index (χ1v) is 12.8. The molecule has 1 amide bonds. The zero-order chi connectivity index (χ0) is 23.2. The first-order chi connectivity index (χ1) is 16.1. The molecule has 0 unspecified atom stereocenters. The van der Waals surface area contributed by atoms with Gasteiger partial charge in [-0.25, -0.2) is 5.01 Å². The van der Waals surface area contributed by atoms with E-state index in [1.807, 2.05) is 62.4 Å². The number of carbonyl (C=O) groups excluding carboxylic acids is 1. The Hall–Kier alpha value is -2.80. The van der Waals surface area contributed by atoms with Gasteiger partial charge in [-0.15, -0.1) is 5.10 Å². The van der Waals surface area contributed by atoms with Crippen molar-refractivity contribution in [2.75, 3.05) is 5.75 Å². The van der Waals surface area contributed by atoms with Crippen molar-refractivity contribution >= 4 is 28.5 Å². The van der Waals surface area contributed by atoms with Gasteiger partial charge in [-0.3, -0.25) is 15.1 Å². The molecule has 1 atom stereocenters. The molecule has 2 aromatic rings. The summed E-state index contributed by atoms with van der Waals surface area (Å²) in [5.41, 5.74) is 1.50. The van der Waals surface area contributed by atoms with Gasteiger partial charge in [-0.2, -0.15) is 0 Å². The molecule has 0 saturated heterocycles. The molecular formula is C26H32N4O2S. The largest absolute Gasteiger partial charge is 0.491 e. The van der Waals surface area contributed by atoms with Crippen LogP contribution in [0.4, 0.5) is 0 Å². The summed E-state index contributed by atoms with van der Waals surface area (Å²) in [5.74, 6) is 1.62. The third kappa shape index (κ3) is 5.58. The summed E-state index contributed by atoms with van der Waals surface area (Å²) >= 11 is 1.60. The molecular weight excluding hydrogens is 432 g/mol. The number of hydrogen-bond donors (Lipinski definition) is 1. The number of amides is 1. The van der Waals surface area contributed by atoms with Crippen molar-refractivity contribution in [1.82, 2.24) is 10.3 Å². The summed E-state index contributed by atoms with van der Waals surface area (Å²) in [6.07, 6.45) is 5.80. The summed E-state index contributed by atoms with van der Waals surface area (Å²) in [5, 5.41) is 11.8. The Morgan fingerprint density at radius 2 is 1.82 bits per heavy atom. The zero-order valence-corrected chi connectivity index (χ0v) is 20.4. The van der Waals surface area contributed by atoms with Crippen molar-refractivity contribution in [2.45, 2.75) is 65.1 Å². The second-order valence-corrected chi connectivity index (χ2v) is 9.65. The summed E-state index contributed by atoms with van der Waals surface area (Å²) in [6, 6.07) is 15.6. The van der Waals surface area contributed by atoms with Crippen LogP contribution >= 0.6 is 11.8 Å². The number of ether oxygens (including phenoxy) is 1. The Kier molecular flexibility index (Phi) is 7.70. The fourth-order valence-corrected chi connectivity index (χ4v) is 4.83. The Morgan fingerprint density at radius 3 is 2.58 bits per heavy atom. The molecule has 2 heterocycles. The second-order valence-electron chi connectivity index (χ2n) is 8.57. The second kappa shape index (κ2) is 10.9. The SMILES string of the molecule is CCCCCCCSC1=NN2C(=c3ccccc3=N[C@H]2c2ccc(OC(C)C)cc2)C(=O)N1. The maximum atomic E-state index is 13.2.